The van der Waals surface area contributed by atoms with Gasteiger partial charge in [0.25, 0.3) is 5.91 Å². The number of anilines is 2. The van der Waals surface area contributed by atoms with Crippen molar-refractivity contribution in [3.8, 4) is 0 Å². The summed E-state index contributed by atoms with van der Waals surface area (Å²) in [5.41, 5.74) is 4.15. The Kier molecular flexibility index (Phi) is 4.19. The molecule has 0 spiro atoms. The molecule has 1 aliphatic rings. The minimum Gasteiger partial charge on any atom is -0.354 e. The zero-order valence-electron chi connectivity index (χ0n) is 13.6. The van der Waals surface area contributed by atoms with Crippen LogP contribution >= 0.6 is 11.6 Å². The van der Waals surface area contributed by atoms with Gasteiger partial charge in [0.1, 0.15) is 5.82 Å². The first-order valence-corrected chi connectivity index (χ1v) is 8.43. The van der Waals surface area contributed by atoms with Gasteiger partial charge >= 0.3 is 0 Å². The summed E-state index contributed by atoms with van der Waals surface area (Å²) >= 11 is 6.04. The third-order valence-corrected chi connectivity index (χ3v) is 4.39. The molecule has 1 amide bonds. The van der Waals surface area contributed by atoms with E-state index in [4.69, 9.17) is 11.6 Å². The van der Waals surface area contributed by atoms with Crippen LogP contribution in [0.2, 0.25) is 5.02 Å². The van der Waals surface area contributed by atoms with Crippen molar-refractivity contribution in [2.24, 2.45) is 0 Å². The van der Waals surface area contributed by atoms with Crippen LogP contribution in [0.1, 0.15) is 11.1 Å². The van der Waals surface area contributed by atoms with Gasteiger partial charge in [-0.05, 0) is 42.0 Å². The van der Waals surface area contributed by atoms with Crippen molar-refractivity contribution in [2.75, 3.05) is 10.6 Å². The van der Waals surface area contributed by atoms with Crippen LogP contribution in [0, 0.1) is 5.82 Å². The van der Waals surface area contributed by atoms with Gasteiger partial charge < -0.3 is 10.6 Å². The van der Waals surface area contributed by atoms with Crippen LogP contribution in [0.4, 0.5) is 15.8 Å². The molecule has 3 aromatic rings. The smallest absolute Gasteiger partial charge is 0.258 e. The number of rotatable bonds is 3. The van der Waals surface area contributed by atoms with Gasteiger partial charge in [0.15, 0.2) is 0 Å². The zero-order valence-corrected chi connectivity index (χ0v) is 14.3. The van der Waals surface area contributed by atoms with Gasteiger partial charge in [0.05, 0.1) is 17.0 Å². The van der Waals surface area contributed by atoms with E-state index < -0.39 is 0 Å². The van der Waals surface area contributed by atoms with E-state index in [-0.39, 0.29) is 11.7 Å². The molecule has 2 N–H and O–H groups in total. The molecule has 128 valence electrons. The summed E-state index contributed by atoms with van der Waals surface area (Å²) in [5, 5.41) is 6.68. The van der Waals surface area contributed by atoms with Crippen LogP contribution in [0.5, 0.6) is 0 Å². The van der Waals surface area contributed by atoms with E-state index in [9.17, 15) is 9.18 Å². The zero-order chi connectivity index (χ0) is 18.1. The van der Waals surface area contributed by atoms with Crippen molar-refractivity contribution in [3.05, 3.63) is 94.8 Å². The normalized spacial score (nSPS) is 14.6. The van der Waals surface area contributed by atoms with E-state index in [1.807, 2.05) is 36.4 Å². The van der Waals surface area contributed by atoms with Gasteiger partial charge in [-0.1, -0.05) is 48.0 Å². The Balaban J connectivity index is 1.89. The number of benzene rings is 3. The third-order valence-electron chi connectivity index (χ3n) is 4.15. The van der Waals surface area contributed by atoms with Gasteiger partial charge in [0.2, 0.25) is 0 Å². The van der Waals surface area contributed by atoms with E-state index in [1.165, 1.54) is 12.1 Å². The lowest BCUT2D eigenvalue weighted by atomic mass is 10.00. The van der Waals surface area contributed by atoms with Crippen molar-refractivity contribution in [2.45, 2.75) is 0 Å². The van der Waals surface area contributed by atoms with Crippen molar-refractivity contribution >= 4 is 40.2 Å². The molecule has 0 aromatic heterocycles. The molecular formula is C21H14ClFN2O. The van der Waals surface area contributed by atoms with E-state index in [0.29, 0.717) is 27.7 Å². The second-order valence-electron chi connectivity index (χ2n) is 5.89. The lowest BCUT2D eigenvalue weighted by Gasteiger charge is -2.14. The monoisotopic (exact) mass is 364 g/mol. The Hall–Kier alpha value is -3.11. The van der Waals surface area contributed by atoms with Crippen molar-refractivity contribution in [3.63, 3.8) is 0 Å². The summed E-state index contributed by atoms with van der Waals surface area (Å²) in [6.45, 7) is 0. The standard InChI is InChI=1S/C21H14ClFN2O/c22-14-6-11-17-18(12-14)25-21(26)19(17)20(13-4-2-1-3-5-13)24-16-9-7-15(23)8-10-16/h1-12,24H,(H,25,26). The molecule has 4 rings (SSSR count). The number of hydrogen-bond donors (Lipinski definition) is 2. The predicted molar refractivity (Wildman–Crippen MR) is 103 cm³/mol. The fraction of sp³-hybridized carbons (Fsp3) is 0. The minimum atomic E-state index is -0.317. The lowest BCUT2D eigenvalue weighted by molar-refractivity contribution is -0.110. The Bertz CT molecular complexity index is 1010. The molecular weight excluding hydrogens is 351 g/mol. The quantitative estimate of drug-likeness (QED) is 0.610. The fourth-order valence-corrected chi connectivity index (χ4v) is 3.13. The van der Waals surface area contributed by atoms with Crippen LogP contribution in [0.25, 0.3) is 11.3 Å². The highest BCUT2D eigenvalue weighted by molar-refractivity contribution is 6.38. The summed E-state index contributed by atoms with van der Waals surface area (Å²) in [6, 6.07) is 20.9. The van der Waals surface area contributed by atoms with E-state index in [1.54, 1.807) is 24.3 Å². The molecule has 1 heterocycles. The summed E-state index contributed by atoms with van der Waals surface area (Å²) < 4.78 is 13.2. The summed E-state index contributed by atoms with van der Waals surface area (Å²) in [4.78, 5) is 12.7. The maximum absolute atomic E-state index is 13.2. The van der Waals surface area contributed by atoms with E-state index in [0.717, 1.165) is 11.1 Å². The average molecular weight is 365 g/mol. The van der Waals surface area contributed by atoms with Crippen molar-refractivity contribution < 1.29 is 9.18 Å². The second kappa shape index (κ2) is 6.65. The number of carbonyl (C=O) groups excluding carboxylic acids is 1. The molecule has 0 saturated carbocycles. The van der Waals surface area contributed by atoms with Crippen molar-refractivity contribution in [1.82, 2.24) is 0 Å². The van der Waals surface area contributed by atoms with Crippen LogP contribution in [0.3, 0.4) is 0 Å². The van der Waals surface area contributed by atoms with Crippen LogP contribution < -0.4 is 10.6 Å². The Morgan fingerprint density at radius 2 is 1.69 bits per heavy atom. The number of nitrogens with one attached hydrogen (secondary N) is 2. The molecule has 0 bridgehead atoms. The first kappa shape index (κ1) is 16.4. The van der Waals surface area contributed by atoms with Gasteiger partial charge in [-0.15, -0.1) is 0 Å². The maximum atomic E-state index is 13.2. The molecule has 0 radical (unpaired) electrons. The number of halogens is 2. The third kappa shape index (κ3) is 3.07. The van der Waals surface area contributed by atoms with Gasteiger partial charge in [0, 0.05) is 16.3 Å². The molecule has 0 aliphatic carbocycles. The molecule has 0 saturated heterocycles. The second-order valence-corrected chi connectivity index (χ2v) is 6.33. The molecule has 3 nitrogen and oxygen atoms in total. The van der Waals surface area contributed by atoms with Gasteiger partial charge in [-0.3, -0.25) is 4.79 Å². The van der Waals surface area contributed by atoms with Crippen LogP contribution in [-0.4, -0.2) is 5.91 Å². The van der Waals surface area contributed by atoms with Gasteiger partial charge in [-0.25, -0.2) is 4.39 Å². The topological polar surface area (TPSA) is 41.1 Å². The fourth-order valence-electron chi connectivity index (χ4n) is 2.95. The largest absolute Gasteiger partial charge is 0.354 e. The Labute approximate surface area is 155 Å². The highest BCUT2D eigenvalue weighted by Gasteiger charge is 2.28. The highest BCUT2D eigenvalue weighted by atomic mass is 35.5. The first-order chi connectivity index (χ1) is 12.6. The minimum absolute atomic E-state index is 0.212. The molecule has 26 heavy (non-hydrogen) atoms. The summed E-state index contributed by atoms with van der Waals surface area (Å²) in [5.74, 6) is -0.529. The van der Waals surface area contributed by atoms with Crippen LogP contribution in [0.15, 0.2) is 72.8 Å². The molecule has 5 heteroatoms. The number of amides is 1. The Morgan fingerprint density at radius 3 is 2.42 bits per heavy atom. The highest BCUT2D eigenvalue weighted by Crippen LogP contribution is 2.38. The van der Waals surface area contributed by atoms with Gasteiger partial charge in [-0.2, -0.15) is 0 Å². The Morgan fingerprint density at radius 1 is 0.962 bits per heavy atom. The SMILES string of the molecule is O=C1Nc2cc(Cl)ccc2C1=C(Nc1ccc(F)cc1)c1ccccc1. The molecule has 0 unspecified atom stereocenters. The molecule has 0 fully saturated rings. The number of hydrogen-bond acceptors (Lipinski definition) is 2. The maximum Gasteiger partial charge on any atom is 0.258 e. The predicted octanol–water partition coefficient (Wildman–Crippen LogP) is 5.41. The summed E-state index contributed by atoms with van der Waals surface area (Å²) in [7, 11) is 0. The molecule has 1 aliphatic heterocycles. The first-order valence-electron chi connectivity index (χ1n) is 8.05. The van der Waals surface area contributed by atoms with E-state index in [2.05, 4.69) is 10.6 Å². The van der Waals surface area contributed by atoms with E-state index >= 15 is 0 Å². The lowest BCUT2D eigenvalue weighted by Crippen LogP contribution is -2.10. The molecule has 0 atom stereocenters. The molecule has 3 aromatic carbocycles. The number of fused-ring (bicyclic) bond motifs is 1. The van der Waals surface area contributed by atoms with Crippen molar-refractivity contribution in [1.29, 1.82) is 0 Å². The van der Waals surface area contributed by atoms with Crippen LogP contribution in [-0.2, 0) is 4.79 Å². The number of carbonyl (C=O) groups is 1. The summed E-state index contributed by atoms with van der Waals surface area (Å²) in [6.07, 6.45) is 0. The average Bonchev–Trinajstić information content (AvgIpc) is 2.97.